The number of nitrogens with two attached hydrogens (primary N) is 1. The molecule has 2 N–H and O–H groups in total. The van der Waals surface area contributed by atoms with Crippen molar-refractivity contribution in [3.8, 4) is 5.75 Å². The number of carbonyl (C=O) groups excluding carboxylic acids is 1. The van der Waals surface area contributed by atoms with Crippen LogP contribution >= 0.6 is 35.6 Å². The molecule has 4 nitrogen and oxygen atoms in total. The maximum absolute atomic E-state index is 12.0. The van der Waals surface area contributed by atoms with Crippen LogP contribution in [0.1, 0.15) is 19.3 Å². The van der Waals surface area contributed by atoms with Crippen LogP contribution in [-0.4, -0.2) is 36.5 Å². The zero-order valence-corrected chi connectivity index (χ0v) is 13.9. The summed E-state index contributed by atoms with van der Waals surface area (Å²) in [5, 5.41) is 1.01. The van der Waals surface area contributed by atoms with E-state index in [9.17, 15) is 4.79 Å². The molecule has 0 aliphatic carbocycles. The Morgan fingerprint density at radius 1 is 1.43 bits per heavy atom. The Morgan fingerprint density at radius 2 is 2.19 bits per heavy atom. The van der Waals surface area contributed by atoms with Crippen LogP contribution < -0.4 is 10.5 Å². The van der Waals surface area contributed by atoms with Gasteiger partial charge in [-0.1, -0.05) is 23.2 Å². The second-order valence-electron chi connectivity index (χ2n) is 4.92. The molecule has 1 atom stereocenters. The zero-order chi connectivity index (χ0) is 14.5. The summed E-state index contributed by atoms with van der Waals surface area (Å²) in [5.74, 6) is 0.615. The lowest BCUT2D eigenvalue weighted by atomic mass is 10.1. The smallest absolute Gasteiger partial charge is 0.226 e. The number of benzene rings is 1. The van der Waals surface area contributed by atoms with Crippen LogP contribution in [-0.2, 0) is 4.79 Å². The highest BCUT2D eigenvalue weighted by Gasteiger charge is 2.20. The fourth-order valence-electron chi connectivity index (χ4n) is 2.24. The zero-order valence-electron chi connectivity index (χ0n) is 11.6. The van der Waals surface area contributed by atoms with Crippen LogP contribution in [0.25, 0.3) is 0 Å². The van der Waals surface area contributed by atoms with Crippen molar-refractivity contribution in [2.24, 2.45) is 5.73 Å². The molecule has 7 heteroatoms. The van der Waals surface area contributed by atoms with Gasteiger partial charge in [0.05, 0.1) is 18.1 Å². The number of amides is 1. The topological polar surface area (TPSA) is 55.6 Å². The fourth-order valence-corrected chi connectivity index (χ4v) is 2.70. The molecule has 2 rings (SSSR count). The lowest BCUT2D eigenvalue weighted by Gasteiger charge is -2.30. The van der Waals surface area contributed by atoms with Crippen molar-refractivity contribution in [2.75, 3.05) is 19.7 Å². The molecule has 0 radical (unpaired) electrons. The van der Waals surface area contributed by atoms with Crippen molar-refractivity contribution in [1.29, 1.82) is 0 Å². The Kier molecular flexibility index (Phi) is 7.60. The minimum Gasteiger partial charge on any atom is -0.491 e. The van der Waals surface area contributed by atoms with E-state index in [0.29, 0.717) is 35.4 Å². The van der Waals surface area contributed by atoms with Gasteiger partial charge in [0.2, 0.25) is 5.91 Å². The lowest BCUT2D eigenvalue weighted by molar-refractivity contribution is -0.132. The molecule has 0 bridgehead atoms. The SMILES string of the molecule is Cl.NC1CCCN(C(=O)CCOc2ccc(Cl)cc2Cl)C1. The van der Waals surface area contributed by atoms with Crippen molar-refractivity contribution in [3.63, 3.8) is 0 Å². The molecule has 1 aliphatic heterocycles. The van der Waals surface area contributed by atoms with Gasteiger partial charge < -0.3 is 15.4 Å². The van der Waals surface area contributed by atoms with Gasteiger partial charge >= 0.3 is 0 Å². The molecule has 1 aromatic rings. The van der Waals surface area contributed by atoms with E-state index in [4.69, 9.17) is 33.7 Å². The van der Waals surface area contributed by atoms with E-state index < -0.39 is 0 Å². The summed E-state index contributed by atoms with van der Waals surface area (Å²) >= 11 is 11.8. The molecule has 118 valence electrons. The van der Waals surface area contributed by atoms with Crippen LogP contribution in [0, 0.1) is 0 Å². The highest BCUT2D eigenvalue weighted by atomic mass is 35.5. The molecule has 1 fully saturated rings. The van der Waals surface area contributed by atoms with Crippen molar-refractivity contribution in [2.45, 2.75) is 25.3 Å². The van der Waals surface area contributed by atoms with Gasteiger partial charge in [0, 0.05) is 24.2 Å². The third kappa shape index (κ3) is 5.55. The number of likely N-dealkylation sites (tertiary alicyclic amines) is 1. The highest BCUT2D eigenvalue weighted by molar-refractivity contribution is 6.35. The first-order valence-electron chi connectivity index (χ1n) is 6.67. The van der Waals surface area contributed by atoms with Crippen LogP contribution in [0.4, 0.5) is 0 Å². The van der Waals surface area contributed by atoms with Crippen LogP contribution in [0.3, 0.4) is 0 Å². The normalized spacial score (nSPS) is 18.0. The summed E-state index contributed by atoms with van der Waals surface area (Å²) in [5.41, 5.74) is 5.86. The monoisotopic (exact) mass is 352 g/mol. The Hall–Kier alpha value is -0.680. The molecule has 1 heterocycles. The van der Waals surface area contributed by atoms with Gasteiger partial charge in [0.25, 0.3) is 0 Å². The van der Waals surface area contributed by atoms with E-state index in [1.807, 2.05) is 0 Å². The van der Waals surface area contributed by atoms with Crippen LogP contribution in [0.5, 0.6) is 5.75 Å². The molecule has 0 aromatic heterocycles. The number of halogens is 3. The number of hydrogen-bond acceptors (Lipinski definition) is 3. The van der Waals surface area contributed by atoms with Gasteiger partial charge in [-0.05, 0) is 31.0 Å². The largest absolute Gasteiger partial charge is 0.491 e. The summed E-state index contributed by atoms with van der Waals surface area (Å²) in [6.45, 7) is 1.72. The minimum absolute atomic E-state index is 0. The molecular formula is C14H19Cl3N2O2. The minimum atomic E-state index is 0. The van der Waals surface area contributed by atoms with Crippen molar-refractivity contribution >= 4 is 41.5 Å². The van der Waals surface area contributed by atoms with E-state index in [-0.39, 0.29) is 24.4 Å². The Morgan fingerprint density at radius 3 is 2.86 bits per heavy atom. The Bertz CT molecular complexity index is 485. The molecule has 1 aliphatic rings. The average Bonchev–Trinajstić information content (AvgIpc) is 2.41. The molecule has 1 amide bonds. The van der Waals surface area contributed by atoms with Crippen molar-refractivity contribution in [3.05, 3.63) is 28.2 Å². The van der Waals surface area contributed by atoms with Gasteiger partial charge in [0.15, 0.2) is 0 Å². The molecule has 21 heavy (non-hydrogen) atoms. The number of ether oxygens (including phenoxy) is 1. The number of hydrogen-bond donors (Lipinski definition) is 1. The number of carbonyl (C=O) groups is 1. The molecule has 1 saturated heterocycles. The molecule has 1 aromatic carbocycles. The predicted molar refractivity (Wildman–Crippen MR) is 87.6 cm³/mol. The van der Waals surface area contributed by atoms with Gasteiger partial charge in [-0.25, -0.2) is 0 Å². The standard InChI is InChI=1S/C14H18Cl2N2O2.ClH/c15-10-3-4-13(12(16)8-10)20-7-5-14(19)18-6-1-2-11(17)9-18;/h3-4,8,11H,1-2,5-7,9,17H2;1H. The quantitative estimate of drug-likeness (QED) is 0.904. The average molecular weight is 354 g/mol. The fraction of sp³-hybridized carbons (Fsp3) is 0.500. The number of piperidine rings is 1. The molecule has 0 saturated carbocycles. The van der Waals surface area contributed by atoms with E-state index in [2.05, 4.69) is 0 Å². The maximum Gasteiger partial charge on any atom is 0.226 e. The lowest BCUT2D eigenvalue weighted by Crippen LogP contribution is -2.46. The summed E-state index contributed by atoms with van der Waals surface area (Å²) in [7, 11) is 0. The Balaban J connectivity index is 0.00000220. The Labute approximate surface area is 140 Å². The first kappa shape index (κ1) is 18.4. The van der Waals surface area contributed by atoms with Gasteiger partial charge in [-0.3, -0.25) is 4.79 Å². The van der Waals surface area contributed by atoms with Gasteiger partial charge in [-0.2, -0.15) is 0 Å². The first-order chi connectivity index (χ1) is 9.56. The van der Waals surface area contributed by atoms with Crippen molar-refractivity contribution < 1.29 is 9.53 Å². The second kappa shape index (κ2) is 8.69. The third-order valence-corrected chi connectivity index (χ3v) is 3.81. The number of rotatable bonds is 4. The highest BCUT2D eigenvalue weighted by Crippen LogP contribution is 2.27. The van der Waals surface area contributed by atoms with Crippen LogP contribution in [0.2, 0.25) is 10.0 Å². The predicted octanol–water partition coefficient (Wildman–Crippen LogP) is 3.13. The summed E-state index contributed by atoms with van der Waals surface area (Å²) in [4.78, 5) is 13.8. The van der Waals surface area contributed by atoms with E-state index in [0.717, 1.165) is 19.4 Å². The second-order valence-corrected chi connectivity index (χ2v) is 5.76. The molecule has 1 unspecified atom stereocenters. The van der Waals surface area contributed by atoms with Gasteiger partial charge in [-0.15, -0.1) is 12.4 Å². The summed E-state index contributed by atoms with van der Waals surface area (Å²) in [6.07, 6.45) is 2.28. The first-order valence-corrected chi connectivity index (χ1v) is 7.43. The van der Waals surface area contributed by atoms with Crippen molar-refractivity contribution in [1.82, 2.24) is 4.90 Å². The van der Waals surface area contributed by atoms with Gasteiger partial charge in [0.1, 0.15) is 5.75 Å². The van der Waals surface area contributed by atoms with Crippen LogP contribution in [0.15, 0.2) is 18.2 Å². The molecular weight excluding hydrogens is 335 g/mol. The number of nitrogens with zero attached hydrogens (tertiary/aromatic N) is 1. The van der Waals surface area contributed by atoms with E-state index >= 15 is 0 Å². The maximum atomic E-state index is 12.0. The third-order valence-electron chi connectivity index (χ3n) is 3.28. The summed E-state index contributed by atoms with van der Waals surface area (Å²) < 4.78 is 5.51. The van der Waals surface area contributed by atoms with E-state index in [1.165, 1.54) is 0 Å². The molecule has 0 spiro atoms. The summed E-state index contributed by atoms with van der Waals surface area (Å²) in [6, 6.07) is 5.11. The van der Waals surface area contributed by atoms with E-state index in [1.54, 1.807) is 23.1 Å².